The van der Waals surface area contributed by atoms with Crippen LogP contribution in [-0.4, -0.2) is 14.9 Å². The van der Waals surface area contributed by atoms with Gasteiger partial charge in [-0.1, -0.05) is 0 Å². The first-order valence-electron chi connectivity index (χ1n) is 3.97. The number of hydrogen-bond donors (Lipinski definition) is 1. The quantitative estimate of drug-likeness (QED) is 0.616. The van der Waals surface area contributed by atoms with Crippen LogP contribution in [0.2, 0.25) is 0 Å². The Bertz CT molecular complexity index is 497. The minimum absolute atomic E-state index is 0.115. The number of nitrogens with two attached hydrogens (primary N) is 1. The summed E-state index contributed by atoms with van der Waals surface area (Å²) in [5, 5.41) is 14.4. The van der Waals surface area contributed by atoms with Gasteiger partial charge < -0.3 is 5.73 Å². The lowest BCUT2D eigenvalue weighted by atomic mass is 10.2. The van der Waals surface area contributed by atoms with Gasteiger partial charge in [0, 0.05) is 10.9 Å². The van der Waals surface area contributed by atoms with Crippen LogP contribution in [0.15, 0.2) is 23.2 Å². The average Bonchev–Trinajstić information content (AvgIpc) is 2.69. The molecule has 2 N–H and O–H groups in total. The molecule has 0 aromatic carbocycles. The molecule has 0 fully saturated rings. The second-order valence-corrected chi connectivity index (χ2v) is 3.51. The van der Waals surface area contributed by atoms with Crippen molar-refractivity contribution >= 4 is 22.8 Å². The minimum Gasteiger partial charge on any atom is -0.378 e. The normalized spacial score (nSPS) is 10.1. The van der Waals surface area contributed by atoms with E-state index in [1.807, 2.05) is 5.38 Å². The molecule has 0 aliphatic carbocycles. The first kappa shape index (κ1) is 9.53. The molecule has 0 amide bonds. The Morgan fingerprint density at radius 3 is 2.87 bits per heavy atom. The van der Waals surface area contributed by atoms with Gasteiger partial charge in [-0.15, -0.1) is 0 Å². The largest absolute Gasteiger partial charge is 0.378 e. The summed E-state index contributed by atoms with van der Waals surface area (Å²) in [7, 11) is 0. The molecule has 0 radical (unpaired) electrons. The predicted octanol–water partition coefficient (Wildman–Crippen LogP) is 1.70. The molecule has 0 bridgehead atoms. The first-order chi connectivity index (χ1) is 7.20. The van der Waals surface area contributed by atoms with Crippen molar-refractivity contribution in [3.05, 3.63) is 33.3 Å². The summed E-state index contributed by atoms with van der Waals surface area (Å²) in [6.07, 6.45) is 1.22. The van der Waals surface area contributed by atoms with Gasteiger partial charge in [-0.3, -0.25) is 10.1 Å². The molecule has 2 aromatic heterocycles. The predicted molar refractivity (Wildman–Crippen MR) is 56.4 cm³/mol. The van der Waals surface area contributed by atoms with E-state index in [2.05, 4.69) is 9.97 Å². The Morgan fingerprint density at radius 2 is 2.27 bits per heavy atom. The number of aromatic nitrogens is 2. The second kappa shape index (κ2) is 3.62. The number of anilines is 1. The molecule has 15 heavy (non-hydrogen) atoms. The molecule has 2 rings (SSSR count). The van der Waals surface area contributed by atoms with Crippen molar-refractivity contribution in [2.45, 2.75) is 0 Å². The number of thiophene rings is 1. The fourth-order valence-electron chi connectivity index (χ4n) is 1.18. The Morgan fingerprint density at radius 1 is 1.47 bits per heavy atom. The highest BCUT2D eigenvalue weighted by Gasteiger charge is 2.21. The summed E-state index contributed by atoms with van der Waals surface area (Å²) in [6, 6.07) is 1.75. The van der Waals surface area contributed by atoms with Gasteiger partial charge in [0.1, 0.15) is 6.33 Å². The monoisotopic (exact) mass is 222 g/mol. The van der Waals surface area contributed by atoms with Gasteiger partial charge in [0.25, 0.3) is 0 Å². The topological polar surface area (TPSA) is 94.9 Å². The summed E-state index contributed by atoms with van der Waals surface area (Å²) in [5.41, 5.74) is 6.14. The molecule has 0 spiro atoms. The summed E-state index contributed by atoms with van der Waals surface area (Å²) in [4.78, 5) is 17.7. The van der Waals surface area contributed by atoms with E-state index in [1.165, 1.54) is 17.7 Å². The molecule has 2 aromatic rings. The lowest BCUT2D eigenvalue weighted by molar-refractivity contribution is -0.383. The third kappa shape index (κ3) is 1.64. The van der Waals surface area contributed by atoms with Gasteiger partial charge in [-0.05, 0) is 11.4 Å². The van der Waals surface area contributed by atoms with E-state index in [-0.39, 0.29) is 17.2 Å². The van der Waals surface area contributed by atoms with Crippen LogP contribution < -0.4 is 5.73 Å². The van der Waals surface area contributed by atoms with E-state index in [0.717, 1.165) is 0 Å². The molecule has 0 aliphatic rings. The van der Waals surface area contributed by atoms with Crippen molar-refractivity contribution in [1.29, 1.82) is 0 Å². The van der Waals surface area contributed by atoms with Gasteiger partial charge in [0.15, 0.2) is 5.69 Å². The molecule has 0 unspecified atom stereocenters. The molecule has 2 heterocycles. The van der Waals surface area contributed by atoms with Crippen molar-refractivity contribution < 1.29 is 4.92 Å². The molecule has 76 valence electrons. The SMILES string of the molecule is Nc1ncnc(-c2ccsc2)c1[N+](=O)[O-]. The van der Waals surface area contributed by atoms with E-state index >= 15 is 0 Å². The smallest absolute Gasteiger partial charge is 0.337 e. The van der Waals surface area contributed by atoms with E-state index in [9.17, 15) is 10.1 Å². The van der Waals surface area contributed by atoms with Gasteiger partial charge >= 0.3 is 5.69 Å². The molecular formula is C8H6N4O2S. The van der Waals surface area contributed by atoms with Crippen molar-refractivity contribution in [3.8, 4) is 11.3 Å². The highest BCUT2D eigenvalue weighted by molar-refractivity contribution is 7.08. The maximum Gasteiger partial charge on any atom is 0.337 e. The number of nitro groups is 1. The van der Waals surface area contributed by atoms with E-state index in [0.29, 0.717) is 5.56 Å². The lowest BCUT2D eigenvalue weighted by Crippen LogP contribution is -2.01. The average molecular weight is 222 g/mol. The first-order valence-corrected chi connectivity index (χ1v) is 4.92. The van der Waals surface area contributed by atoms with Gasteiger partial charge in [-0.2, -0.15) is 11.3 Å². The fraction of sp³-hybridized carbons (Fsp3) is 0. The molecule has 0 saturated heterocycles. The van der Waals surface area contributed by atoms with Crippen LogP contribution in [0.1, 0.15) is 0 Å². The number of hydrogen-bond acceptors (Lipinski definition) is 6. The van der Waals surface area contributed by atoms with Gasteiger partial charge in [-0.25, -0.2) is 9.97 Å². The van der Waals surface area contributed by atoms with Crippen molar-refractivity contribution in [2.24, 2.45) is 0 Å². The third-order valence-electron chi connectivity index (χ3n) is 1.83. The summed E-state index contributed by atoms with van der Waals surface area (Å²) >= 11 is 1.44. The van der Waals surface area contributed by atoms with Gasteiger partial charge in [0.05, 0.1) is 4.92 Å². The molecule has 0 atom stereocenters. The zero-order valence-electron chi connectivity index (χ0n) is 7.45. The van der Waals surface area contributed by atoms with E-state index in [4.69, 9.17) is 5.73 Å². The summed E-state index contributed by atoms with van der Waals surface area (Å²) in [6.45, 7) is 0. The summed E-state index contributed by atoms with van der Waals surface area (Å²) < 4.78 is 0. The molecule has 0 saturated carbocycles. The number of nitrogen functional groups attached to an aromatic ring is 1. The third-order valence-corrected chi connectivity index (χ3v) is 2.51. The van der Waals surface area contributed by atoms with Crippen LogP contribution in [0.4, 0.5) is 11.5 Å². The Hall–Kier alpha value is -2.02. The minimum atomic E-state index is -0.567. The van der Waals surface area contributed by atoms with Crippen molar-refractivity contribution in [2.75, 3.05) is 5.73 Å². The van der Waals surface area contributed by atoms with Crippen LogP contribution in [-0.2, 0) is 0 Å². The molecule has 7 heteroatoms. The van der Waals surface area contributed by atoms with Crippen molar-refractivity contribution in [1.82, 2.24) is 9.97 Å². The van der Waals surface area contributed by atoms with Crippen molar-refractivity contribution in [3.63, 3.8) is 0 Å². The fourth-order valence-corrected chi connectivity index (χ4v) is 1.82. The van der Waals surface area contributed by atoms with Crippen LogP contribution >= 0.6 is 11.3 Å². The zero-order chi connectivity index (χ0) is 10.8. The van der Waals surface area contributed by atoms with Crippen LogP contribution in [0, 0.1) is 10.1 Å². The lowest BCUT2D eigenvalue weighted by Gasteiger charge is -2.00. The molecule has 6 nitrogen and oxygen atoms in total. The Kier molecular flexibility index (Phi) is 2.30. The maximum atomic E-state index is 10.8. The standard InChI is InChI=1S/C8H6N4O2S/c9-8-7(12(13)14)6(10-4-11-8)5-1-2-15-3-5/h1-4H,(H2,9,10,11). The van der Waals surface area contributed by atoms with E-state index in [1.54, 1.807) is 11.4 Å². The molecular weight excluding hydrogens is 216 g/mol. The van der Waals surface area contributed by atoms with Crippen LogP contribution in [0.3, 0.4) is 0 Å². The highest BCUT2D eigenvalue weighted by atomic mass is 32.1. The second-order valence-electron chi connectivity index (χ2n) is 2.73. The van der Waals surface area contributed by atoms with E-state index < -0.39 is 4.92 Å². The zero-order valence-corrected chi connectivity index (χ0v) is 8.27. The summed E-state index contributed by atoms with van der Waals surface area (Å²) in [5.74, 6) is -0.115. The Labute approximate surface area is 88.6 Å². The molecule has 0 aliphatic heterocycles. The maximum absolute atomic E-state index is 10.8. The Balaban J connectivity index is 2.66. The van der Waals surface area contributed by atoms with Crippen LogP contribution in [0.25, 0.3) is 11.3 Å². The van der Waals surface area contributed by atoms with Gasteiger partial charge in [0.2, 0.25) is 5.82 Å². The number of rotatable bonds is 2. The van der Waals surface area contributed by atoms with Crippen LogP contribution in [0.5, 0.6) is 0 Å². The highest BCUT2D eigenvalue weighted by Crippen LogP contribution is 2.31. The number of nitrogens with zero attached hydrogens (tertiary/aromatic N) is 3.